The summed E-state index contributed by atoms with van der Waals surface area (Å²) in [7, 11) is 1.56. The zero-order valence-electron chi connectivity index (χ0n) is 14.2. The summed E-state index contributed by atoms with van der Waals surface area (Å²) in [6, 6.07) is 16.0. The monoisotopic (exact) mass is 350 g/mol. The second kappa shape index (κ2) is 7.98. The molecule has 0 atom stereocenters. The van der Waals surface area contributed by atoms with E-state index in [4.69, 9.17) is 4.74 Å². The van der Waals surface area contributed by atoms with Gasteiger partial charge in [0.05, 0.1) is 12.4 Å². The minimum absolute atomic E-state index is 0.0301. The Balaban J connectivity index is 1.59. The van der Waals surface area contributed by atoms with Gasteiger partial charge in [-0.15, -0.1) is 0 Å². The van der Waals surface area contributed by atoms with Crippen molar-refractivity contribution < 1.29 is 14.3 Å². The first-order chi connectivity index (χ1) is 12.6. The first kappa shape index (κ1) is 17.2. The van der Waals surface area contributed by atoms with Gasteiger partial charge in [0.1, 0.15) is 12.3 Å². The van der Waals surface area contributed by atoms with E-state index in [1.165, 1.54) is 4.68 Å². The Kier molecular flexibility index (Phi) is 5.28. The third-order valence-electron chi connectivity index (χ3n) is 3.53. The smallest absolute Gasteiger partial charge is 0.251 e. The minimum atomic E-state index is -0.256. The number of hydrogen-bond acceptors (Lipinski definition) is 4. The van der Waals surface area contributed by atoms with Crippen LogP contribution in [0, 0.1) is 0 Å². The van der Waals surface area contributed by atoms with E-state index in [9.17, 15) is 9.59 Å². The van der Waals surface area contributed by atoms with Gasteiger partial charge in [-0.05, 0) is 30.3 Å². The van der Waals surface area contributed by atoms with Gasteiger partial charge >= 0.3 is 0 Å². The van der Waals surface area contributed by atoms with Crippen LogP contribution in [0.2, 0.25) is 0 Å². The average Bonchev–Trinajstić information content (AvgIpc) is 3.08. The third-order valence-corrected chi connectivity index (χ3v) is 3.53. The average molecular weight is 350 g/mol. The molecule has 0 saturated heterocycles. The number of nitrogens with one attached hydrogen (secondary N) is 2. The number of carbonyl (C=O) groups is 2. The molecule has 26 heavy (non-hydrogen) atoms. The fraction of sp³-hybridized carbons (Fsp3) is 0.105. The zero-order chi connectivity index (χ0) is 18.4. The number of rotatable bonds is 6. The van der Waals surface area contributed by atoms with Crippen LogP contribution in [0.5, 0.6) is 11.5 Å². The van der Waals surface area contributed by atoms with Crippen molar-refractivity contribution in [2.75, 3.05) is 12.4 Å². The van der Waals surface area contributed by atoms with Gasteiger partial charge in [-0.3, -0.25) is 14.3 Å². The number of carbonyl (C=O) groups excluding carboxylic acids is 2. The molecule has 3 aromatic rings. The van der Waals surface area contributed by atoms with Crippen LogP contribution < -0.4 is 15.4 Å². The molecule has 1 aromatic heterocycles. The van der Waals surface area contributed by atoms with E-state index in [1.807, 2.05) is 30.3 Å². The van der Waals surface area contributed by atoms with Gasteiger partial charge in [0.15, 0.2) is 5.75 Å². The van der Waals surface area contributed by atoms with Crippen LogP contribution in [0.1, 0.15) is 10.4 Å². The summed E-state index contributed by atoms with van der Waals surface area (Å²) in [6.07, 6.45) is 3.19. The van der Waals surface area contributed by atoms with Gasteiger partial charge in [-0.1, -0.05) is 24.3 Å². The Morgan fingerprint density at radius 3 is 2.65 bits per heavy atom. The number of nitrogens with zero attached hydrogens (tertiary/aromatic N) is 2. The maximum atomic E-state index is 12.2. The molecule has 1 heterocycles. The van der Waals surface area contributed by atoms with Crippen LogP contribution in [0.4, 0.5) is 5.69 Å². The number of aromatic nitrogens is 2. The van der Waals surface area contributed by atoms with Gasteiger partial charge in [-0.25, -0.2) is 0 Å². The van der Waals surface area contributed by atoms with Gasteiger partial charge in [-0.2, -0.15) is 5.10 Å². The first-order valence-electron chi connectivity index (χ1n) is 8.01. The molecule has 132 valence electrons. The fourth-order valence-corrected chi connectivity index (χ4v) is 2.34. The highest BCUT2D eigenvalue weighted by Crippen LogP contribution is 2.19. The molecule has 3 rings (SSSR count). The van der Waals surface area contributed by atoms with Crippen LogP contribution in [-0.4, -0.2) is 28.6 Å². The van der Waals surface area contributed by atoms with Crippen molar-refractivity contribution in [1.29, 1.82) is 0 Å². The summed E-state index contributed by atoms with van der Waals surface area (Å²) >= 11 is 0. The van der Waals surface area contributed by atoms with E-state index in [-0.39, 0.29) is 18.4 Å². The molecule has 0 aliphatic rings. The van der Waals surface area contributed by atoms with Crippen molar-refractivity contribution in [2.24, 2.45) is 0 Å². The molecule has 0 aliphatic carbocycles. The van der Waals surface area contributed by atoms with Crippen LogP contribution in [0.15, 0.2) is 67.0 Å². The molecule has 0 spiro atoms. The topological polar surface area (TPSA) is 85.2 Å². The Hall–Kier alpha value is -3.61. The zero-order valence-corrected chi connectivity index (χ0v) is 14.2. The minimum Gasteiger partial charge on any atom is -0.454 e. The largest absolute Gasteiger partial charge is 0.454 e. The number of hydrogen-bond donors (Lipinski definition) is 2. The van der Waals surface area contributed by atoms with E-state index in [1.54, 1.807) is 43.7 Å². The fourth-order valence-electron chi connectivity index (χ4n) is 2.34. The second-order valence-electron chi connectivity index (χ2n) is 5.50. The predicted octanol–water partition coefficient (Wildman–Crippen LogP) is 2.67. The van der Waals surface area contributed by atoms with Gasteiger partial charge < -0.3 is 15.4 Å². The van der Waals surface area contributed by atoms with Crippen LogP contribution in [0.25, 0.3) is 0 Å². The Morgan fingerprint density at radius 1 is 1.08 bits per heavy atom. The lowest BCUT2D eigenvalue weighted by Gasteiger charge is -2.07. The van der Waals surface area contributed by atoms with Crippen molar-refractivity contribution in [3.8, 4) is 11.5 Å². The molecule has 2 aromatic carbocycles. The molecule has 7 nitrogen and oxygen atoms in total. The summed E-state index contributed by atoms with van der Waals surface area (Å²) in [6.45, 7) is 0.0301. The normalized spacial score (nSPS) is 10.2. The quantitative estimate of drug-likeness (QED) is 0.716. The molecule has 0 aliphatic heterocycles. The maximum Gasteiger partial charge on any atom is 0.251 e. The standard InChI is InChI=1S/C19H18N4O3/c1-20-19(25)14-6-5-7-15(10-14)22-18(24)13-23-12-17(11-21-23)26-16-8-3-2-4-9-16/h2-12H,13H2,1H3,(H,20,25)(H,22,24). The molecule has 0 saturated carbocycles. The summed E-state index contributed by atoms with van der Waals surface area (Å²) in [5, 5.41) is 9.41. The van der Waals surface area contributed by atoms with E-state index in [0.717, 1.165) is 0 Å². The number of anilines is 1. The second-order valence-corrected chi connectivity index (χ2v) is 5.50. The van der Waals surface area contributed by atoms with E-state index in [0.29, 0.717) is 22.7 Å². The molecular formula is C19H18N4O3. The van der Waals surface area contributed by atoms with Gasteiger partial charge in [0.25, 0.3) is 5.91 Å². The highest BCUT2D eigenvalue weighted by atomic mass is 16.5. The molecule has 2 amide bonds. The molecular weight excluding hydrogens is 332 g/mol. The SMILES string of the molecule is CNC(=O)c1cccc(NC(=O)Cn2cc(Oc3ccccc3)cn2)c1. The van der Waals surface area contributed by atoms with Crippen LogP contribution >= 0.6 is 0 Å². The van der Waals surface area contributed by atoms with Crippen LogP contribution in [0.3, 0.4) is 0 Å². The van der Waals surface area contributed by atoms with E-state index in [2.05, 4.69) is 15.7 Å². The summed E-state index contributed by atoms with van der Waals surface area (Å²) in [5.41, 5.74) is 1.02. The molecule has 7 heteroatoms. The predicted molar refractivity (Wildman–Crippen MR) is 97.2 cm³/mol. The number of ether oxygens (including phenoxy) is 1. The molecule has 0 radical (unpaired) electrons. The highest BCUT2D eigenvalue weighted by Gasteiger charge is 2.09. The van der Waals surface area contributed by atoms with Crippen molar-refractivity contribution >= 4 is 17.5 Å². The van der Waals surface area contributed by atoms with Crippen molar-refractivity contribution in [3.63, 3.8) is 0 Å². The number of amides is 2. The van der Waals surface area contributed by atoms with Gasteiger partial charge in [0.2, 0.25) is 5.91 Å². The number of benzene rings is 2. The maximum absolute atomic E-state index is 12.2. The lowest BCUT2D eigenvalue weighted by molar-refractivity contribution is -0.116. The van der Waals surface area contributed by atoms with E-state index >= 15 is 0 Å². The Morgan fingerprint density at radius 2 is 1.88 bits per heavy atom. The Bertz CT molecular complexity index is 906. The lowest BCUT2D eigenvalue weighted by atomic mass is 10.2. The Labute approximate surface area is 150 Å². The van der Waals surface area contributed by atoms with Crippen molar-refractivity contribution in [1.82, 2.24) is 15.1 Å². The molecule has 2 N–H and O–H groups in total. The summed E-state index contributed by atoms with van der Waals surface area (Å²) in [4.78, 5) is 23.8. The molecule has 0 unspecified atom stereocenters. The highest BCUT2D eigenvalue weighted by molar-refractivity contribution is 5.96. The van der Waals surface area contributed by atoms with Crippen molar-refractivity contribution in [3.05, 3.63) is 72.6 Å². The summed E-state index contributed by atoms with van der Waals surface area (Å²) < 4.78 is 7.14. The van der Waals surface area contributed by atoms with Crippen LogP contribution in [-0.2, 0) is 11.3 Å². The van der Waals surface area contributed by atoms with Crippen molar-refractivity contribution in [2.45, 2.75) is 6.54 Å². The first-order valence-corrected chi connectivity index (χ1v) is 8.01. The third kappa shape index (κ3) is 4.47. The summed E-state index contributed by atoms with van der Waals surface area (Å²) in [5.74, 6) is 0.775. The lowest BCUT2D eigenvalue weighted by Crippen LogP contribution is -2.20. The number of para-hydroxylation sites is 1. The van der Waals surface area contributed by atoms with E-state index < -0.39 is 0 Å². The molecule has 0 fully saturated rings. The molecule has 0 bridgehead atoms. The van der Waals surface area contributed by atoms with Gasteiger partial charge in [0, 0.05) is 18.3 Å².